The van der Waals surface area contributed by atoms with Gasteiger partial charge in [0.1, 0.15) is 0 Å². The lowest BCUT2D eigenvalue weighted by molar-refractivity contribution is -0.126. The Bertz CT molecular complexity index is 631. The molecule has 1 fully saturated rings. The maximum Gasteiger partial charge on any atom is 0.224 e. The van der Waals surface area contributed by atoms with Gasteiger partial charge in [-0.1, -0.05) is 43.7 Å². The highest BCUT2D eigenvalue weighted by atomic mass is 32.2. The van der Waals surface area contributed by atoms with E-state index in [1.807, 2.05) is 18.2 Å². The molecule has 0 saturated carbocycles. The van der Waals surface area contributed by atoms with Crippen LogP contribution in [0, 0.1) is 11.8 Å². The molecule has 1 aromatic rings. The summed E-state index contributed by atoms with van der Waals surface area (Å²) in [6.45, 7) is 3.60. The maximum absolute atomic E-state index is 12.4. The Hall–Kier alpha value is -1.40. The number of amides is 1. The van der Waals surface area contributed by atoms with Crippen LogP contribution < -0.4 is 5.32 Å². The topological polar surface area (TPSA) is 66.5 Å². The zero-order chi connectivity index (χ0) is 17.6. The van der Waals surface area contributed by atoms with E-state index in [4.69, 9.17) is 0 Å². The largest absolute Gasteiger partial charge is 0.356 e. The fourth-order valence-electron chi connectivity index (χ4n) is 3.16. The van der Waals surface area contributed by atoms with Gasteiger partial charge in [0.25, 0.3) is 0 Å². The summed E-state index contributed by atoms with van der Waals surface area (Å²) in [5.41, 5.74) is 1.28. The fourth-order valence-corrected chi connectivity index (χ4v) is 4.07. The van der Waals surface area contributed by atoms with Gasteiger partial charge < -0.3 is 5.32 Å². The van der Waals surface area contributed by atoms with E-state index < -0.39 is 10.0 Å². The smallest absolute Gasteiger partial charge is 0.224 e. The number of carbonyl (C=O) groups excluding carboxylic acids is 1. The zero-order valence-corrected chi connectivity index (χ0v) is 15.4. The fraction of sp³-hybridized carbons (Fsp3) is 0.611. The Balaban J connectivity index is 1.85. The summed E-state index contributed by atoms with van der Waals surface area (Å²) in [4.78, 5) is 12.4. The molecule has 0 radical (unpaired) electrons. The van der Waals surface area contributed by atoms with Crippen molar-refractivity contribution >= 4 is 15.9 Å². The van der Waals surface area contributed by atoms with E-state index >= 15 is 0 Å². The summed E-state index contributed by atoms with van der Waals surface area (Å²) in [6, 6.07) is 10.3. The summed E-state index contributed by atoms with van der Waals surface area (Å²) in [6.07, 6.45) is 4.65. The Kier molecular flexibility index (Phi) is 6.80. The lowest BCUT2D eigenvalue weighted by Crippen LogP contribution is -2.45. The van der Waals surface area contributed by atoms with Crippen LogP contribution in [-0.2, 0) is 21.2 Å². The highest BCUT2D eigenvalue weighted by molar-refractivity contribution is 7.88. The Morgan fingerprint density at radius 3 is 2.67 bits per heavy atom. The van der Waals surface area contributed by atoms with Crippen LogP contribution in [0.2, 0.25) is 0 Å². The van der Waals surface area contributed by atoms with Crippen molar-refractivity contribution in [2.45, 2.75) is 32.6 Å². The standard InChI is InChI=1S/C18H28N2O3S/c1-3-15(12-16-8-5-4-6-9-16)13-19-18(21)17-10-7-11-20(14-17)24(2,22)23/h4-6,8-9,15,17H,3,7,10-14H2,1-2H3,(H,19,21)/t15-,17-/m0/s1. The first kappa shape index (κ1) is 18.9. The molecular formula is C18H28N2O3S. The third kappa shape index (κ3) is 5.60. The van der Waals surface area contributed by atoms with Gasteiger partial charge in [0.05, 0.1) is 12.2 Å². The highest BCUT2D eigenvalue weighted by Gasteiger charge is 2.30. The summed E-state index contributed by atoms with van der Waals surface area (Å²) in [5, 5.41) is 3.04. The van der Waals surface area contributed by atoms with Crippen LogP contribution in [0.1, 0.15) is 31.7 Å². The van der Waals surface area contributed by atoms with Gasteiger partial charge in [-0.3, -0.25) is 4.79 Å². The highest BCUT2D eigenvalue weighted by Crippen LogP contribution is 2.19. The number of carbonyl (C=O) groups is 1. The first-order valence-electron chi connectivity index (χ1n) is 8.67. The molecule has 134 valence electrons. The normalized spacial score (nSPS) is 20.5. The first-order chi connectivity index (χ1) is 11.4. The molecule has 1 aliphatic heterocycles. The first-order valence-corrected chi connectivity index (χ1v) is 10.5. The van der Waals surface area contributed by atoms with E-state index in [0.29, 0.717) is 25.6 Å². The molecule has 0 unspecified atom stereocenters. The molecule has 24 heavy (non-hydrogen) atoms. The predicted octanol–water partition coefficient (Wildman–Crippen LogP) is 2.04. The molecule has 2 atom stereocenters. The van der Waals surface area contributed by atoms with E-state index in [9.17, 15) is 13.2 Å². The van der Waals surface area contributed by atoms with Gasteiger partial charge in [-0.05, 0) is 30.7 Å². The van der Waals surface area contributed by atoms with Crippen molar-refractivity contribution in [1.82, 2.24) is 9.62 Å². The zero-order valence-electron chi connectivity index (χ0n) is 14.6. The number of hydrogen-bond donors (Lipinski definition) is 1. The molecule has 0 spiro atoms. The second-order valence-corrected chi connectivity index (χ2v) is 8.65. The van der Waals surface area contributed by atoms with E-state index in [-0.39, 0.29) is 11.8 Å². The third-order valence-corrected chi connectivity index (χ3v) is 6.00. The molecule has 6 heteroatoms. The number of hydrogen-bond acceptors (Lipinski definition) is 3. The number of nitrogens with one attached hydrogen (secondary N) is 1. The summed E-state index contributed by atoms with van der Waals surface area (Å²) in [7, 11) is -3.22. The molecule has 1 aromatic carbocycles. The van der Waals surface area contributed by atoms with E-state index in [1.54, 1.807) is 0 Å². The molecule has 1 amide bonds. The lowest BCUT2D eigenvalue weighted by Gasteiger charge is -2.30. The molecule has 1 aliphatic rings. The Morgan fingerprint density at radius 1 is 1.33 bits per heavy atom. The van der Waals surface area contributed by atoms with Crippen molar-refractivity contribution in [1.29, 1.82) is 0 Å². The van der Waals surface area contributed by atoms with Gasteiger partial charge >= 0.3 is 0 Å². The van der Waals surface area contributed by atoms with Crippen molar-refractivity contribution in [3.63, 3.8) is 0 Å². The van der Waals surface area contributed by atoms with Crippen molar-refractivity contribution < 1.29 is 13.2 Å². The van der Waals surface area contributed by atoms with E-state index in [2.05, 4.69) is 24.4 Å². The molecule has 1 saturated heterocycles. The molecule has 2 rings (SSSR count). The molecule has 0 aliphatic carbocycles. The lowest BCUT2D eigenvalue weighted by atomic mass is 9.95. The molecule has 1 N–H and O–H groups in total. The molecule has 0 bridgehead atoms. The summed E-state index contributed by atoms with van der Waals surface area (Å²) >= 11 is 0. The number of benzene rings is 1. The average molecular weight is 353 g/mol. The van der Waals surface area contributed by atoms with E-state index in [1.165, 1.54) is 16.1 Å². The van der Waals surface area contributed by atoms with Crippen molar-refractivity contribution in [3.8, 4) is 0 Å². The van der Waals surface area contributed by atoms with Gasteiger partial charge in [0.15, 0.2) is 0 Å². The maximum atomic E-state index is 12.4. The summed E-state index contributed by atoms with van der Waals surface area (Å²) in [5.74, 6) is 0.142. The minimum Gasteiger partial charge on any atom is -0.356 e. The van der Waals surface area contributed by atoms with Gasteiger partial charge in [-0.15, -0.1) is 0 Å². The van der Waals surface area contributed by atoms with Crippen LogP contribution in [0.15, 0.2) is 30.3 Å². The minimum atomic E-state index is -3.22. The monoisotopic (exact) mass is 352 g/mol. The van der Waals surface area contributed by atoms with Gasteiger partial charge in [0, 0.05) is 19.6 Å². The quantitative estimate of drug-likeness (QED) is 0.817. The molecule has 5 nitrogen and oxygen atoms in total. The van der Waals surface area contributed by atoms with Gasteiger partial charge in [-0.2, -0.15) is 0 Å². The van der Waals surface area contributed by atoms with Crippen LogP contribution in [-0.4, -0.2) is 44.5 Å². The minimum absolute atomic E-state index is 0.0186. The van der Waals surface area contributed by atoms with Crippen molar-refractivity contribution in [2.24, 2.45) is 11.8 Å². The van der Waals surface area contributed by atoms with Crippen molar-refractivity contribution in [2.75, 3.05) is 25.9 Å². The second-order valence-electron chi connectivity index (χ2n) is 6.67. The average Bonchev–Trinajstić information content (AvgIpc) is 2.58. The van der Waals surface area contributed by atoms with Gasteiger partial charge in [-0.25, -0.2) is 12.7 Å². The van der Waals surface area contributed by atoms with Crippen LogP contribution in [0.4, 0.5) is 0 Å². The van der Waals surface area contributed by atoms with Crippen LogP contribution >= 0.6 is 0 Å². The Labute approximate surface area is 145 Å². The van der Waals surface area contributed by atoms with Crippen LogP contribution in [0.5, 0.6) is 0 Å². The third-order valence-electron chi connectivity index (χ3n) is 4.73. The number of sulfonamides is 1. The number of rotatable bonds is 7. The molecule has 1 heterocycles. The van der Waals surface area contributed by atoms with Crippen LogP contribution in [0.25, 0.3) is 0 Å². The SMILES string of the molecule is CC[C@H](CNC(=O)[C@H]1CCCN(S(C)(=O)=O)C1)Cc1ccccc1. The molecular weight excluding hydrogens is 324 g/mol. The molecule has 0 aromatic heterocycles. The van der Waals surface area contributed by atoms with Gasteiger partial charge in [0.2, 0.25) is 15.9 Å². The van der Waals surface area contributed by atoms with Crippen molar-refractivity contribution in [3.05, 3.63) is 35.9 Å². The van der Waals surface area contributed by atoms with E-state index in [0.717, 1.165) is 25.7 Å². The number of piperidine rings is 1. The second kappa shape index (κ2) is 8.62. The summed E-state index contributed by atoms with van der Waals surface area (Å²) < 4.78 is 24.7. The Morgan fingerprint density at radius 2 is 2.04 bits per heavy atom. The number of nitrogens with zero attached hydrogens (tertiary/aromatic N) is 1. The van der Waals surface area contributed by atoms with Crippen LogP contribution in [0.3, 0.4) is 0 Å². The predicted molar refractivity (Wildman–Crippen MR) is 96.1 cm³/mol.